The SMILES string of the molecule is Cc1ccc(CNCc2c(OC(C)C)ccc3ccccc23)cc1. The molecule has 0 fully saturated rings. The minimum absolute atomic E-state index is 0.169. The first-order valence-electron chi connectivity index (χ1n) is 8.57. The number of hydrogen-bond donors (Lipinski definition) is 1. The van der Waals surface area contributed by atoms with Crippen molar-refractivity contribution in [3.63, 3.8) is 0 Å². The quantitative estimate of drug-likeness (QED) is 0.672. The minimum atomic E-state index is 0.169. The summed E-state index contributed by atoms with van der Waals surface area (Å²) in [6.07, 6.45) is 0.169. The third kappa shape index (κ3) is 3.95. The van der Waals surface area contributed by atoms with Crippen LogP contribution in [0.3, 0.4) is 0 Å². The second-order valence-electron chi connectivity index (χ2n) is 6.52. The van der Waals surface area contributed by atoms with E-state index in [1.54, 1.807) is 0 Å². The second kappa shape index (κ2) is 7.50. The van der Waals surface area contributed by atoms with Gasteiger partial charge in [0.25, 0.3) is 0 Å². The molecule has 0 heterocycles. The Morgan fingerprint density at radius 1 is 0.875 bits per heavy atom. The van der Waals surface area contributed by atoms with Crippen LogP contribution in [0.2, 0.25) is 0 Å². The lowest BCUT2D eigenvalue weighted by Crippen LogP contribution is -2.15. The highest BCUT2D eigenvalue weighted by Crippen LogP contribution is 2.29. The molecule has 124 valence electrons. The fourth-order valence-electron chi connectivity index (χ4n) is 2.90. The van der Waals surface area contributed by atoms with Crippen LogP contribution in [0, 0.1) is 6.92 Å². The minimum Gasteiger partial charge on any atom is -0.491 e. The van der Waals surface area contributed by atoms with Gasteiger partial charge in [-0.2, -0.15) is 0 Å². The monoisotopic (exact) mass is 319 g/mol. The third-order valence-corrected chi connectivity index (χ3v) is 4.11. The van der Waals surface area contributed by atoms with Crippen molar-refractivity contribution >= 4 is 10.8 Å². The summed E-state index contributed by atoms with van der Waals surface area (Å²) in [7, 11) is 0. The normalized spacial score (nSPS) is 11.2. The average molecular weight is 319 g/mol. The maximum absolute atomic E-state index is 6.03. The molecule has 0 saturated carbocycles. The molecule has 3 aromatic rings. The van der Waals surface area contributed by atoms with Crippen molar-refractivity contribution in [3.8, 4) is 5.75 Å². The summed E-state index contributed by atoms with van der Waals surface area (Å²) in [6.45, 7) is 7.89. The van der Waals surface area contributed by atoms with Crippen molar-refractivity contribution in [2.45, 2.75) is 40.0 Å². The van der Waals surface area contributed by atoms with Gasteiger partial charge in [-0.3, -0.25) is 0 Å². The van der Waals surface area contributed by atoms with Crippen molar-refractivity contribution in [2.75, 3.05) is 0 Å². The van der Waals surface area contributed by atoms with E-state index < -0.39 is 0 Å². The van der Waals surface area contributed by atoms with E-state index in [2.05, 4.69) is 86.8 Å². The molecule has 2 heteroatoms. The zero-order chi connectivity index (χ0) is 16.9. The van der Waals surface area contributed by atoms with E-state index in [0.29, 0.717) is 0 Å². The predicted molar refractivity (Wildman–Crippen MR) is 101 cm³/mol. The van der Waals surface area contributed by atoms with Gasteiger partial charge in [-0.05, 0) is 43.2 Å². The second-order valence-corrected chi connectivity index (χ2v) is 6.52. The van der Waals surface area contributed by atoms with Gasteiger partial charge in [0.05, 0.1) is 6.10 Å². The standard InChI is InChI=1S/C22H25NO/c1-16(2)24-22-13-12-19-6-4-5-7-20(19)21(22)15-23-14-18-10-8-17(3)9-11-18/h4-13,16,23H,14-15H2,1-3H3. The fraction of sp³-hybridized carbons (Fsp3) is 0.273. The van der Waals surface area contributed by atoms with Gasteiger partial charge in [-0.25, -0.2) is 0 Å². The number of fused-ring (bicyclic) bond motifs is 1. The van der Waals surface area contributed by atoms with Gasteiger partial charge in [0, 0.05) is 18.7 Å². The summed E-state index contributed by atoms with van der Waals surface area (Å²) in [6, 6.07) is 21.4. The Hall–Kier alpha value is -2.32. The number of benzene rings is 3. The van der Waals surface area contributed by atoms with Gasteiger partial charge >= 0.3 is 0 Å². The molecular formula is C22H25NO. The van der Waals surface area contributed by atoms with Crippen LogP contribution in [0.25, 0.3) is 10.8 Å². The highest BCUT2D eigenvalue weighted by molar-refractivity contribution is 5.87. The molecule has 0 amide bonds. The van der Waals surface area contributed by atoms with Crippen LogP contribution in [0.15, 0.2) is 60.7 Å². The lowest BCUT2D eigenvalue weighted by Gasteiger charge is -2.17. The Kier molecular flexibility index (Phi) is 5.17. The Balaban J connectivity index is 1.81. The first-order chi connectivity index (χ1) is 11.6. The molecule has 0 bridgehead atoms. The van der Waals surface area contributed by atoms with Gasteiger partial charge in [0.1, 0.15) is 5.75 Å². The molecule has 0 aliphatic rings. The third-order valence-electron chi connectivity index (χ3n) is 4.11. The van der Waals surface area contributed by atoms with Crippen LogP contribution in [-0.2, 0) is 13.1 Å². The Morgan fingerprint density at radius 2 is 1.62 bits per heavy atom. The number of aryl methyl sites for hydroxylation is 1. The summed E-state index contributed by atoms with van der Waals surface area (Å²) in [5, 5.41) is 6.07. The van der Waals surface area contributed by atoms with Gasteiger partial charge < -0.3 is 10.1 Å². The van der Waals surface area contributed by atoms with Crippen molar-refractivity contribution in [2.24, 2.45) is 0 Å². The van der Waals surface area contributed by atoms with E-state index in [-0.39, 0.29) is 6.10 Å². The largest absolute Gasteiger partial charge is 0.491 e. The number of hydrogen-bond acceptors (Lipinski definition) is 2. The van der Waals surface area contributed by atoms with E-state index in [4.69, 9.17) is 4.74 Å². The van der Waals surface area contributed by atoms with Crippen molar-refractivity contribution in [3.05, 3.63) is 77.4 Å². The summed E-state index contributed by atoms with van der Waals surface area (Å²) in [5.74, 6) is 0.972. The Bertz CT molecular complexity index is 806. The highest BCUT2D eigenvalue weighted by atomic mass is 16.5. The van der Waals surface area contributed by atoms with E-state index >= 15 is 0 Å². The maximum atomic E-state index is 6.03. The number of rotatable bonds is 6. The van der Waals surface area contributed by atoms with Crippen molar-refractivity contribution in [1.29, 1.82) is 0 Å². The molecule has 2 nitrogen and oxygen atoms in total. The predicted octanol–water partition coefficient (Wildman–Crippen LogP) is 5.23. The molecule has 0 atom stereocenters. The Morgan fingerprint density at radius 3 is 2.38 bits per heavy atom. The molecule has 3 aromatic carbocycles. The lowest BCUT2D eigenvalue weighted by atomic mass is 10.0. The van der Waals surface area contributed by atoms with Gasteiger partial charge in [0.2, 0.25) is 0 Å². The van der Waals surface area contributed by atoms with Crippen LogP contribution in [0.4, 0.5) is 0 Å². The van der Waals surface area contributed by atoms with Crippen LogP contribution >= 0.6 is 0 Å². The van der Waals surface area contributed by atoms with E-state index in [1.807, 2.05) is 0 Å². The lowest BCUT2D eigenvalue weighted by molar-refractivity contribution is 0.240. The summed E-state index contributed by atoms with van der Waals surface area (Å²) >= 11 is 0. The van der Waals surface area contributed by atoms with Crippen LogP contribution in [0.5, 0.6) is 5.75 Å². The molecule has 0 saturated heterocycles. The number of ether oxygens (including phenoxy) is 1. The molecule has 0 aliphatic heterocycles. The van der Waals surface area contributed by atoms with Crippen molar-refractivity contribution < 1.29 is 4.74 Å². The van der Waals surface area contributed by atoms with Gasteiger partial charge in [-0.1, -0.05) is 60.2 Å². The molecule has 0 aromatic heterocycles. The molecule has 0 radical (unpaired) electrons. The fourth-order valence-corrected chi connectivity index (χ4v) is 2.90. The zero-order valence-corrected chi connectivity index (χ0v) is 14.7. The molecule has 0 aliphatic carbocycles. The average Bonchev–Trinajstić information content (AvgIpc) is 2.58. The van der Waals surface area contributed by atoms with Gasteiger partial charge in [-0.15, -0.1) is 0 Å². The molecule has 0 spiro atoms. The van der Waals surface area contributed by atoms with Crippen molar-refractivity contribution in [1.82, 2.24) is 5.32 Å². The van der Waals surface area contributed by atoms with Crippen LogP contribution < -0.4 is 10.1 Å². The molecule has 0 unspecified atom stereocenters. The van der Waals surface area contributed by atoms with E-state index in [1.165, 1.54) is 27.5 Å². The van der Waals surface area contributed by atoms with E-state index in [0.717, 1.165) is 18.8 Å². The summed E-state index contributed by atoms with van der Waals surface area (Å²) in [5.41, 5.74) is 3.82. The first-order valence-corrected chi connectivity index (χ1v) is 8.57. The highest BCUT2D eigenvalue weighted by Gasteiger charge is 2.10. The zero-order valence-electron chi connectivity index (χ0n) is 14.7. The van der Waals surface area contributed by atoms with E-state index in [9.17, 15) is 0 Å². The molecular weight excluding hydrogens is 294 g/mol. The van der Waals surface area contributed by atoms with Crippen LogP contribution in [-0.4, -0.2) is 6.10 Å². The topological polar surface area (TPSA) is 21.3 Å². The Labute approximate surface area is 144 Å². The summed E-state index contributed by atoms with van der Waals surface area (Å²) < 4.78 is 6.03. The summed E-state index contributed by atoms with van der Waals surface area (Å²) in [4.78, 5) is 0. The number of nitrogens with one attached hydrogen (secondary N) is 1. The van der Waals surface area contributed by atoms with Crippen LogP contribution in [0.1, 0.15) is 30.5 Å². The van der Waals surface area contributed by atoms with Gasteiger partial charge in [0.15, 0.2) is 0 Å². The maximum Gasteiger partial charge on any atom is 0.124 e. The first kappa shape index (κ1) is 16.5. The molecule has 3 rings (SSSR count). The smallest absolute Gasteiger partial charge is 0.124 e. The molecule has 24 heavy (non-hydrogen) atoms. The molecule has 1 N–H and O–H groups in total.